The van der Waals surface area contributed by atoms with Gasteiger partial charge in [0.2, 0.25) is 0 Å². The summed E-state index contributed by atoms with van der Waals surface area (Å²) in [5, 5.41) is 1.96. The number of furan rings is 1. The zero-order valence-electron chi connectivity index (χ0n) is 6.46. The molecular weight excluding hydrogens is 190 g/mol. The summed E-state index contributed by atoms with van der Waals surface area (Å²) in [7, 11) is 0. The molecule has 0 aromatic carbocycles. The lowest BCUT2D eigenvalue weighted by atomic mass is 10.4. The van der Waals surface area contributed by atoms with E-state index in [1.807, 2.05) is 24.4 Å². The van der Waals surface area contributed by atoms with Crippen LogP contribution in [0.4, 0.5) is 0 Å². The van der Waals surface area contributed by atoms with E-state index in [1.165, 1.54) is 11.3 Å². The van der Waals surface area contributed by atoms with Crippen molar-refractivity contribution in [2.75, 3.05) is 0 Å². The molecule has 2 rings (SSSR count). The van der Waals surface area contributed by atoms with E-state index in [-0.39, 0.29) is 0 Å². The third-order valence-corrected chi connectivity index (χ3v) is 2.59. The SMILES string of the molecule is Cc1ccc(-c2csc(=S)[nH]2)o1. The first kappa shape index (κ1) is 7.76. The summed E-state index contributed by atoms with van der Waals surface area (Å²) in [5.41, 5.74) is 0.957. The van der Waals surface area contributed by atoms with E-state index in [1.54, 1.807) is 0 Å². The maximum Gasteiger partial charge on any atom is 0.158 e. The second-order valence-electron chi connectivity index (χ2n) is 2.47. The molecule has 2 nitrogen and oxygen atoms in total. The second kappa shape index (κ2) is 2.88. The molecule has 0 radical (unpaired) electrons. The molecule has 0 aliphatic heterocycles. The Morgan fingerprint density at radius 2 is 2.33 bits per heavy atom. The van der Waals surface area contributed by atoms with Crippen LogP contribution in [0.3, 0.4) is 0 Å². The maximum atomic E-state index is 5.41. The summed E-state index contributed by atoms with van der Waals surface area (Å²) in [5.74, 6) is 1.76. The van der Waals surface area contributed by atoms with Crippen LogP contribution in [0.5, 0.6) is 0 Å². The molecule has 0 aliphatic rings. The number of aromatic amines is 1. The van der Waals surface area contributed by atoms with Gasteiger partial charge in [0.1, 0.15) is 5.76 Å². The van der Waals surface area contributed by atoms with Gasteiger partial charge >= 0.3 is 0 Å². The highest BCUT2D eigenvalue weighted by molar-refractivity contribution is 7.73. The number of nitrogens with one attached hydrogen (secondary N) is 1. The van der Waals surface area contributed by atoms with Crippen molar-refractivity contribution in [2.45, 2.75) is 6.92 Å². The van der Waals surface area contributed by atoms with E-state index in [9.17, 15) is 0 Å². The van der Waals surface area contributed by atoms with E-state index >= 15 is 0 Å². The van der Waals surface area contributed by atoms with Gasteiger partial charge in [0.05, 0.1) is 5.69 Å². The van der Waals surface area contributed by atoms with Crippen molar-refractivity contribution in [1.29, 1.82) is 0 Å². The Hall–Kier alpha value is -0.870. The normalized spacial score (nSPS) is 10.4. The van der Waals surface area contributed by atoms with Gasteiger partial charge < -0.3 is 9.40 Å². The van der Waals surface area contributed by atoms with Gasteiger partial charge in [-0.25, -0.2) is 0 Å². The van der Waals surface area contributed by atoms with Crippen LogP contribution < -0.4 is 0 Å². The number of hydrogen-bond acceptors (Lipinski definition) is 3. The van der Waals surface area contributed by atoms with Crippen LogP contribution in [0.1, 0.15) is 5.76 Å². The summed E-state index contributed by atoms with van der Waals surface area (Å²) in [6, 6.07) is 3.87. The maximum absolute atomic E-state index is 5.41. The molecule has 0 fully saturated rings. The van der Waals surface area contributed by atoms with Gasteiger partial charge in [-0.05, 0) is 31.3 Å². The minimum absolute atomic E-state index is 0.777. The average Bonchev–Trinajstić information content (AvgIpc) is 2.58. The largest absolute Gasteiger partial charge is 0.460 e. The average molecular weight is 197 g/mol. The number of H-pyrrole nitrogens is 1. The number of thiazole rings is 1. The van der Waals surface area contributed by atoms with Gasteiger partial charge in [0.25, 0.3) is 0 Å². The van der Waals surface area contributed by atoms with Crippen LogP contribution in [-0.4, -0.2) is 4.98 Å². The van der Waals surface area contributed by atoms with Gasteiger partial charge in [-0.15, -0.1) is 11.3 Å². The van der Waals surface area contributed by atoms with Crippen LogP contribution in [0.2, 0.25) is 0 Å². The van der Waals surface area contributed by atoms with Gasteiger partial charge in [-0.1, -0.05) is 0 Å². The Labute approximate surface area is 78.9 Å². The molecule has 0 amide bonds. The molecule has 0 unspecified atom stereocenters. The lowest BCUT2D eigenvalue weighted by molar-refractivity contribution is 0.547. The number of aryl methyl sites for hydroxylation is 1. The first-order chi connectivity index (χ1) is 5.75. The van der Waals surface area contributed by atoms with Crippen LogP contribution in [0.15, 0.2) is 21.9 Å². The van der Waals surface area contributed by atoms with E-state index in [4.69, 9.17) is 16.6 Å². The third-order valence-electron chi connectivity index (χ3n) is 1.53. The number of rotatable bonds is 1. The molecule has 2 aromatic rings. The first-order valence-electron chi connectivity index (χ1n) is 3.50. The number of aromatic nitrogens is 1. The lowest BCUT2D eigenvalue weighted by Crippen LogP contribution is -1.70. The smallest absolute Gasteiger partial charge is 0.158 e. The minimum atomic E-state index is 0.777. The van der Waals surface area contributed by atoms with Crippen molar-refractivity contribution in [3.63, 3.8) is 0 Å². The van der Waals surface area contributed by atoms with Crippen molar-refractivity contribution >= 4 is 23.6 Å². The fourth-order valence-corrected chi connectivity index (χ4v) is 1.80. The highest BCUT2D eigenvalue weighted by atomic mass is 32.1. The molecule has 4 heteroatoms. The first-order valence-corrected chi connectivity index (χ1v) is 4.79. The van der Waals surface area contributed by atoms with E-state index in [0.29, 0.717) is 0 Å². The van der Waals surface area contributed by atoms with Gasteiger partial charge in [-0.2, -0.15) is 0 Å². The summed E-state index contributed by atoms with van der Waals surface area (Å²) in [4.78, 5) is 3.05. The quantitative estimate of drug-likeness (QED) is 0.710. The molecule has 0 saturated heterocycles. The Kier molecular flexibility index (Phi) is 1.86. The standard InChI is InChI=1S/C8H7NOS2/c1-5-2-3-7(10-5)6-4-12-8(11)9-6/h2-4H,1H3,(H,9,11). The van der Waals surface area contributed by atoms with Crippen LogP contribution in [-0.2, 0) is 0 Å². The summed E-state index contributed by atoms with van der Waals surface area (Å²) in [6.07, 6.45) is 0. The highest BCUT2D eigenvalue weighted by Gasteiger charge is 2.02. The Bertz CT molecular complexity index is 438. The molecule has 0 atom stereocenters. The Morgan fingerprint density at radius 1 is 1.50 bits per heavy atom. The van der Waals surface area contributed by atoms with Crippen LogP contribution in [0, 0.1) is 10.9 Å². The number of hydrogen-bond donors (Lipinski definition) is 1. The second-order valence-corrected chi connectivity index (χ2v) is 4.02. The minimum Gasteiger partial charge on any atom is -0.460 e. The molecule has 0 spiro atoms. The van der Waals surface area contributed by atoms with Crippen molar-refractivity contribution in [3.8, 4) is 11.5 Å². The lowest BCUT2D eigenvalue weighted by Gasteiger charge is -1.87. The van der Waals surface area contributed by atoms with Crippen molar-refractivity contribution < 1.29 is 4.42 Å². The van der Waals surface area contributed by atoms with Gasteiger partial charge in [0, 0.05) is 5.38 Å². The summed E-state index contributed by atoms with van der Waals surface area (Å²) < 4.78 is 6.19. The molecule has 12 heavy (non-hydrogen) atoms. The molecule has 0 bridgehead atoms. The molecule has 0 saturated carbocycles. The Balaban J connectivity index is 2.50. The molecule has 0 aliphatic carbocycles. The molecule has 1 N–H and O–H groups in total. The zero-order valence-corrected chi connectivity index (χ0v) is 8.09. The topological polar surface area (TPSA) is 28.9 Å². The van der Waals surface area contributed by atoms with E-state index < -0.39 is 0 Å². The molecular formula is C8H7NOS2. The van der Waals surface area contributed by atoms with Gasteiger partial charge in [-0.3, -0.25) is 0 Å². The fourth-order valence-electron chi connectivity index (χ4n) is 0.980. The fraction of sp³-hybridized carbons (Fsp3) is 0.125. The summed E-state index contributed by atoms with van der Waals surface area (Å²) >= 11 is 6.47. The van der Waals surface area contributed by atoms with E-state index in [0.717, 1.165) is 21.2 Å². The van der Waals surface area contributed by atoms with Crippen molar-refractivity contribution in [1.82, 2.24) is 4.98 Å². The summed E-state index contributed by atoms with van der Waals surface area (Å²) in [6.45, 7) is 1.92. The Morgan fingerprint density at radius 3 is 2.83 bits per heavy atom. The van der Waals surface area contributed by atoms with Crippen molar-refractivity contribution in [3.05, 3.63) is 27.2 Å². The third kappa shape index (κ3) is 1.35. The zero-order chi connectivity index (χ0) is 8.55. The van der Waals surface area contributed by atoms with Crippen LogP contribution in [0.25, 0.3) is 11.5 Å². The molecule has 62 valence electrons. The van der Waals surface area contributed by atoms with Crippen molar-refractivity contribution in [2.24, 2.45) is 0 Å². The molecule has 2 aromatic heterocycles. The predicted molar refractivity (Wildman–Crippen MR) is 51.9 cm³/mol. The monoisotopic (exact) mass is 197 g/mol. The molecule has 2 heterocycles. The van der Waals surface area contributed by atoms with Crippen LogP contribution >= 0.6 is 23.6 Å². The van der Waals surface area contributed by atoms with E-state index in [2.05, 4.69) is 4.98 Å². The highest BCUT2D eigenvalue weighted by Crippen LogP contribution is 2.21. The predicted octanol–water partition coefficient (Wildman–Crippen LogP) is 3.37. The van der Waals surface area contributed by atoms with Gasteiger partial charge in [0.15, 0.2) is 9.71 Å².